The SMILES string of the molecule is CCC(=O)C(C)[C@H]1O[Si](C(C)(C)C)(C(C)(C)C)[C@H](C)[C@H]1C. The highest BCUT2D eigenvalue weighted by atomic mass is 28.4. The van der Waals surface area contributed by atoms with Gasteiger partial charge in [0, 0.05) is 12.3 Å². The number of rotatable bonds is 3. The molecule has 3 heteroatoms. The van der Waals surface area contributed by atoms with Gasteiger partial charge in [-0.05, 0) is 21.5 Å². The topological polar surface area (TPSA) is 26.3 Å². The molecule has 4 atom stereocenters. The molecule has 0 radical (unpaired) electrons. The number of hydrogen-bond donors (Lipinski definition) is 0. The fourth-order valence-corrected chi connectivity index (χ4v) is 12.7. The highest BCUT2D eigenvalue weighted by Crippen LogP contribution is 2.64. The molecular formula is C18H36O2Si. The first kappa shape index (κ1) is 18.9. The number of carbonyl (C=O) groups excluding carboxylic acids is 1. The van der Waals surface area contributed by atoms with Crippen LogP contribution in [0.1, 0.15) is 75.7 Å². The Balaban J connectivity index is 3.30. The smallest absolute Gasteiger partial charge is 0.206 e. The molecule has 124 valence electrons. The minimum Gasteiger partial charge on any atom is -0.412 e. The quantitative estimate of drug-likeness (QED) is 0.637. The zero-order valence-corrected chi connectivity index (χ0v) is 16.8. The Kier molecular flexibility index (Phi) is 5.22. The zero-order chi connectivity index (χ0) is 16.8. The summed E-state index contributed by atoms with van der Waals surface area (Å²) in [5.74, 6) is 0.818. The highest BCUT2D eigenvalue weighted by molar-refractivity contribution is 6.81. The van der Waals surface area contributed by atoms with Crippen molar-refractivity contribution in [3.05, 3.63) is 0 Å². The van der Waals surface area contributed by atoms with Crippen LogP contribution in [0.2, 0.25) is 15.6 Å². The van der Waals surface area contributed by atoms with E-state index in [1.165, 1.54) is 0 Å². The second-order valence-corrected chi connectivity index (χ2v) is 14.7. The molecule has 0 aromatic carbocycles. The van der Waals surface area contributed by atoms with Crippen molar-refractivity contribution in [1.29, 1.82) is 0 Å². The van der Waals surface area contributed by atoms with Gasteiger partial charge in [0.2, 0.25) is 8.32 Å². The van der Waals surface area contributed by atoms with Gasteiger partial charge < -0.3 is 4.43 Å². The van der Waals surface area contributed by atoms with Crippen LogP contribution in [0.25, 0.3) is 0 Å². The summed E-state index contributed by atoms with van der Waals surface area (Å²) in [6.45, 7) is 22.7. The summed E-state index contributed by atoms with van der Waals surface area (Å²) in [5, 5.41) is 0.339. The van der Waals surface area contributed by atoms with Gasteiger partial charge in [-0.25, -0.2) is 0 Å². The van der Waals surface area contributed by atoms with Gasteiger partial charge in [-0.1, -0.05) is 69.2 Å². The molecule has 0 amide bonds. The zero-order valence-electron chi connectivity index (χ0n) is 15.8. The van der Waals surface area contributed by atoms with Gasteiger partial charge in [0.05, 0.1) is 6.10 Å². The van der Waals surface area contributed by atoms with E-state index in [0.29, 0.717) is 23.7 Å². The van der Waals surface area contributed by atoms with E-state index in [1.807, 2.05) is 6.92 Å². The predicted octanol–water partition coefficient (Wildman–Crippen LogP) is 5.57. The van der Waals surface area contributed by atoms with Crippen LogP contribution in [0.3, 0.4) is 0 Å². The van der Waals surface area contributed by atoms with Gasteiger partial charge in [0.25, 0.3) is 0 Å². The standard InChI is InChI=1S/C18H36O2Si/c1-11-15(19)13(3)16-12(2)14(4)21(20-16,17(5,6)7)18(8,9)10/h12-14,16H,11H2,1-10H3/t12-,13?,14-,16+/m1/s1. The number of hydrogen-bond acceptors (Lipinski definition) is 2. The Morgan fingerprint density at radius 1 is 1.10 bits per heavy atom. The van der Waals surface area contributed by atoms with Crippen LogP contribution in [0.5, 0.6) is 0 Å². The molecule has 1 aliphatic rings. The van der Waals surface area contributed by atoms with Crippen LogP contribution < -0.4 is 0 Å². The Hall–Kier alpha value is -0.153. The van der Waals surface area contributed by atoms with Gasteiger partial charge in [-0.3, -0.25) is 4.79 Å². The fraction of sp³-hybridized carbons (Fsp3) is 0.944. The van der Waals surface area contributed by atoms with Gasteiger partial charge >= 0.3 is 0 Å². The molecule has 1 fully saturated rings. The third kappa shape index (κ3) is 2.88. The summed E-state index contributed by atoms with van der Waals surface area (Å²) in [4.78, 5) is 12.2. The lowest BCUT2D eigenvalue weighted by Gasteiger charge is -2.51. The molecule has 0 saturated carbocycles. The molecule has 1 heterocycles. The molecule has 1 unspecified atom stereocenters. The molecule has 0 N–H and O–H groups in total. The Morgan fingerprint density at radius 3 is 1.81 bits per heavy atom. The first-order valence-electron chi connectivity index (χ1n) is 8.51. The maximum absolute atomic E-state index is 12.2. The third-order valence-electron chi connectivity index (χ3n) is 5.85. The molecule has 1 aliphatic heterocycles. The average Bonchev–Trinajstić information content (AvgIpc) is 2.60. The van der Waals surface area contributed by atoms with E-state index in [2.05, 4.69) is 62.3 Å². The molecule has 1 rings (SSSR count). The van der Waals surface area contributed by atoms with Crippen molar-refractivity contribution in [3.63, 3.8) is 0 Å². The minimum absolute atomic E-state index is 0.0199. The number of ketones is 1. The van der Waals surface area contributed by atoms with Crippen molar-refractivity contribution >= 4 is 14.1 Å². The van der Waals surface area contributed by atoms with Crippen molar-refractivity contribution in [3.8, 4) is 0 Å². The minimum atomic E-state index is -2.04. The van der Waals surface area contributed by atoms with Gasteiger partial charge in [-0.15, -0.1) is 0 Å². The Labute approximate surface area is 133 Å². The molecule has 0 spiro atoms. The number of Topliss-reactive ketones (excluding diaryl/α,β-unsaturated/α-hetero) is 1. The summed E-state index contributed by atoms with van der Waals surface area (Å²) in [6.07, 6.45) is 0.708. The van der Waals surface area contributed by atoms with E-state index in [0.717, 1.165) is 0 Å². The molecule has 0 aliphatic carbocycles. The van der Waals surface area contributed by atoms with Crippen molar-refractivity contribution < 1.29 is 9.22 Å². The molecule has 0 aromatic rings. The molecule has 0 aromatic heterocycles. The molecule has 2 nitrogen and oxygen atoms in total. The monoisotopic (exact) mass is 312 g/mol. The van der Waals surface area contributed by atoms with Crippen LogP contribution in [0.15, 0.2) is 0 Å². The normalized spacial score (nSPS) is 31.2. The molecular weight excluding hydrogens is 276 g/mol. The van der Waals surface area contributed by atoms with Gasteiger partial charge in [-0.2, -0.15) is 0 Å². The van der Waals surface area contributed by atoms with Crippen LogP contribution in [0.4, 0.5) is 0 Å². The van der Waals surface area contributed by atoms with E-state index in [4.69, 9.17) is 4.43 Å². The largest absolute Gasteiger partial charge is 0.412 e. The van der Waals surface area contributed by atoms with Crippen molar-refractivity contribution in [2.24, 2.45) is 11.8 Å². The van der Waals surface area contributed by atoms with Crippen LogP contribution in [-0.4, -0.2) is 20.2 Å². The van der Waals surface area contributed by atoms with E-state index in [-0.39, 0.29) is 22.1 Å². The third-order valence-corrected chi connectivity index (χ3v) is 12.8. The summed E-state index contributed by atoms with van der Waals surface area (Å²) >= 11 is 0. The maximum Gasteiger partial charge on any atom is 0.206 e. The highest BCUT2D eigenvalue weighted by Gasteiger charge is 2.65. The fourth-order valence-electron chi connectivity index (χ4n) is 4.99. The van der Waals surface area contributed by atoms with E-state index < -0.39 is 8.32 Å². The Morgan fingerprint density at radius 2 is 1.52 bits per heavy atom. The molecule has 1 saturated heterocycles. The average molecular weight is 313 g/mol. The number of carbonyl (C=O) groups is 1. The van der Waals surface area contributed by atoms with Crippen LogP contribution >= 0.6 is 0 Å². The Bertz CT molecular complexity index is 375. The first-order valence-corrected chi connectivity index (χ1v) is 10.5. The van der Waals surface area contributed by atoms with E-state index in [9.17, 15) is 4.79 Å². The maximum atomic E-state index is 12.2. The first-order chi connectivity index (χ1) is 9.31. The predicted molar refractivity (Wildman–Crippen MR) is 93.1 cm³/mol. The lowest BCUT2D eigenvalue weighted by atomic mass is 9.88. The molecule has 21 heavy (non-hydrogen) atoms. The summed E-state index contributed by atoms with van der Waals surface area (Å²) in [5.41, 5.74) is 0.564. The summed E-state index contributed by atoms with van der Waals surface area (Å²) in [7, 11) is -2.04. The van der Waals surface area contributed by atoms with Gasteiger partial charge in [0.1, 0.15) is 5.78 Å². The summed E-state index contributed by atoms with van der Waals surface area (Å²) < 4.78 is 6.91. The second kappa shape index (κ2) is 5.81. The lowest BCUT2D eigenvalue weighted by Crippen LogP contribution is -2.55. The van der Waals surface area contributed by atoms with Crippen molar-refractivity contribution in [2.75, 3.05) is 0 Å². The van der Waals surface area contributed by atoms with Crippen LogP contribution in [-0.2, 0) is 9.22 Å². The van der Waals surface area contributed by atoms with Gasteiger partial charge in [0.15, 0.2) is 0 Å². The summed E-state index contributed by atoms with van der Waals surface area (Å²) in [6, 6.07) is 0. The van der Waals surface area contributed by atoms with E-state index >= 15 is 0 Å². The second-order valence-electron chi connectivity index (χ2n) is 9.07. The van der Waals surface area contributed by atoms with E-state index in [1.54, 1.807) is 0 Å². The van der Waals surface area contributed by atoms with Crippen molar-refractivity contribution in [1.82, 2.24) is 0 Å². The lowest BCUT2D eigenvalue weighted by molar-refractivity contribution is -0.125. The van der Waals surface area contributed by atoms with Crippen molar-refractivity contribution in [2.45, 2.75) is 97.4 Å². The van der Waals surface area contributed by atoms with Crippen LogP contribution in [0, 0.1) is 11.8 Å². The molecule has 0 bridgehead atoms.